The van der Waals surface area contributed by atoms with Gasteiger partial charge in [-0.1, -0.05) is 6.08 Å². The number of nitrogens with zero attached hydrogens (tertiary/aromatic N) is 1. The van der Waals surface area contributed by atoms with E-state index in [1.54, 1.807) is 19.2 Å². The zero-order valence-corrected chi connectivity index (χ0v) is 9.40. The van der Waals surface area contributed by atoms with Gasteiger partial charge in [-0.3, -0.25) is 9.89 Å². The van der Waals surface area contributed by atoms with Gasteiger partial charge in [0.05, 0.1) is 18.8 Å². The first-order chi connectivity index (χ1) is 7.74. The fourth-order valence-corrected chi connectivity index (χ4v) is 1.11. The number of carbonyl (C=O) groups excluding carboxylic acids is 1. The van der Waals surface area contributed by atoms with Crippen LogP contribution in [0.25, 0.3) is 0 Å². The van der Waals surface area contributed by atoms with Crippen molar-refractivity contribution in [1.29, 1.82) is 0 Å². The van der Waals surface area contributed by atoms with Gasteiger partial charge in [0, 0.05) is 6.20 Å². The Kier molecular flexibility index (Phi) is 5.28. The van der Waals surface area contributed by atoms with Crippen LogP contribution in [0, 0.1) is 0 Å². The number of nitrogens with one attached hydrogen (secondary N) is 2. The molecule has 0 aliphatic heterocycles. The summed E-state index contributed by atoms with van der Waals surface area (Å²) in [5.41, 5.74) is 0.867. The predicted molar refractivity (Wildman–Crippen MR) is 60.7 cm³/mol. The van der Waals surface area contributed by atoms with E-state index in [4.69, 9.17) is 4.74 Å². The zero-order chi connectivity index (χ0) is 11.8. The summed E-state index contributed by atoms with van der Waals surface area (Å²) in [4.78, 5) is 11.5. The second-order valence-electron chi connectivity index (χ2n) is 3.39. The molecule has 0 radical (unpaired) electrons. The molecular weight excluding hydrogens is 206 g/mol. The summed E-state index contributed by atoms with van der Waals surface area (Å²) in [7, 11) is 0. The molecule has 16 heavy (non-hydrogen) atoms. The first-order valence-electron chi connectivity index (χ1n) is 5.22. The Hall–Kier alpha value is -1.62. The van der Waals surface area contributed by atoms with Crippen LogP contribution in [0.4, 0.5) is 0 Å². The van der Waals surface area contributed by atoms with E-state index in [1.807, 2.05) is 6.07 Å². The number of hydrogen-bond acceptors (Lipinski definition) is 3. The quantitative estimate of drug-likeness (QED) is 0.535. The van der Waals surface area contributed by atoms with Crippen molar-refractivity contribution in [1.82, 2.24) is 15.5 Å². The van der Waals surface area contributed by atoms with E-state index in [0.29, 0.717) is 13.2 Å². The van der Waals surface area contributed by atoms with Gasteiger partial charge < -0.3 is 10.1 Å². The highest BCUT2D eigenvalue weighted by Crippen LogP contribution is 1.95. The highest BCUT2D eigenvalue weighted by Gasteiger charge is 2.12. The molecule has 1 unspecified atom stereocenters. The monoisotopic (exact) mass is 223 g/mol. The number of carbonyl (C=O) groups is 1. The van der Waals surface area contributed by atoms with Crippen molar-refractivity contribution in [2.24, 2.45) is 0 Å². The van der Waals surface area contributed by atoms with E-state index < -0.39 is 6.10 Å². The number of hydrogen-bond donors (Lipinski definition) is 2. The van der Waals surface area contributed by atoms with Crippen LogP contribution < -0.4 is 5.32 Å². The summed E-state index contributed by atoms with van der Waals surface area (Å²) in [5.74, 6) is -0.126. The van der Waals surface area contributed by atoms with Gasteiger partial charge in [-0.15, -0.1) is 6.58 Å². The van der Waals surface area contributed by atoms with Crippen LogP contribution in [0.2, 0.25) is 0 Å². The van der Waals surface area contributed by atoms with Crippen LogP contribution in [0.1, 0.15) is 19.0 Å². The molecule has 1 heterocycles. The van der Waals surface area contributed by atoms with Gasteiger partial charge in [-0.25, -0.2) is 0 Å². The maximum Gasteiger partial charge on any atom is 0.249 e. The molecule has 0 bridgehead atoms. The summed E-state index contributed by atoms with van der Waals surface area (Å²) >= 11 is 0. The largest absolute Gasteiger partial charge is 0.368 e. The maximum atomic E-state index is 11.5. The standard InChI is InChI=1S/C11H17N3O2/c1-3-4-7-16-9(2)11(15)12-8-10-5-6-13-14-10/h3,5-6,9H,1,4,7-8H2,2H3,(H,12,15)(H,13,14). The third-order valence-corrected chi connectivity index (χ3v) is 2.07. The van der Waals surface area contributed by atoms with Crippen molar-refractivity contribution >= 4 is 5.91 Å². The number of amides is 1. The predicted octanol–water partition coefficient (Wildman–Crippen LogP) is 1.01. The molecule has 1 rings (SSSR count). The van der Waals surface area contributed by atoms with Crippen LogP contribution in [0.5, 0.6) is 0 Å². The molecule has 0 fully saturated rings. The maximum absolute atomic E-state index is 11.5. The molecule has 2 N–H and O–H groups in total. The lowest BCUT2D eigenvalue weighted by molar-refractivity contribution is -0.131. The Morgan fingerprint density at radius 3 is 3.25 bits per heavy atom. The van der Waals surface area contributed by atoms with Gasteiger partial charge in [0.25, 0.3) is 0 Å². The van der Waals surface area contributed by atoms with Gasteiger partial charge in [-0.05, 0) is 19.4 Å². The molecule has 0 aliphatic carbocycles. The van der Waals surface area contributed by atoms with Gasteiger partial charge in [-0.2, -0.15) is 5.10 Å². The summed E-state index contributed by atoms with van der Waals surface area (Å²) in [5, 5.41) is 9.30. The molecule has 5 heteroatoms. The van der Waals surface area contributed by atoms with E-state index in [1.165, 1.54) is 0 Å². The smallest absolute Gasteiger partial charge is 0.249 e. The number of aromatic nitrogens is 2. The third-order valence-electron chi connectivity index (χ3n) is 2.07. The van der Waals surface area contributed by atoms with Gasteiger partial charge in [0.1, 0.15) is 6.10 Å². The van der Waals surface area contributed by atoms with Crippen molar-refractivity contribution in [2.75, 3.05) is 6.61 Å². The minimum absolute atomic E-state index is 0.126. The average Bonchev–Trinajstić information content (AvgIpc) is 2.79. The first kappa shape index (κ1) is 12.4. The zero-order valence-electron chi connectivity index (χ0n) is 9.40. The summed E-state index contributed by atoms with van der Waals surface area (Å²) in [6.07, 6.45) is 3.71. The minimum atomic E-state index is -0.442. The van der Waals surface area contributed by atoms with Crippen LogP contribution >= 0.6 is 0 Å². The summed E-state index contributed by atoms with van der Waals surface area (Å²) in [6.45, 7) is 6.26. The lowest BCUT2D eigenvalue weighted by Crippen LogP contribution is -2.34. The van der Waals surface area contributed by atoms with Crippen molar-refractivity contribution in [3.8, 4) is 0 Å². The van der Waals surface area contributed by atoms with E-state index in [2.05, 4.69) is 22.1 Å². The normalized spacial score (nSPS) is 12.1. The number of aromatic amines is 1. The Morgan fingerprint density at radius 2 is 2.62 bits per heavy atom. The van der Waals surface area contributed by atoms with Crippen molar-refractivity contribution in [3.05, 3.63) is 30.6 Å². The number of ether oxygens (including phenoxy) is 1. The van der Waals surface area contributed by atoms with E-state index >= 15 is 0 Å². The lowest BCUT2D eigenvalue weighted by Gasteiger charge is -2.12. The van der Waals surface area contributed by atoms with Crippen molar-refractivity contribution in [3.63, 3.8) is 0 Å². The first-order valence-corrected chi connectivity index (χ1v) is 5.22. The van der Waals surface area contributed by atoms with E-state index in [-0.39, 0.29) is 5.91 Å². The van der Waals surface area contributed by atoms with E-state index in [9.17, 15) is 4.79 Å². The molecule has 1 aromatic heterocycles. The summed E-state index contributed by atoms with van der Waals surface area (Å²) < 4.78 is 5.30. The molecule has 1 aromatic rings. The molecular formula is C11H17N3O2. The highest BCUT2D eigenvalue weighted by atomic mass is 16.5. The Morgan fingerprint density at radius 1 is 1.81 bits per heavy atom. The van der Waals surface area contributed by atoms with Crippen molar-refractivity contribution < 1.29 is 9.53 Å². The topological polar surface area (TPSA) is 67.0 Å². The van der Waals surface area contributed by atoms with Crippen LogP contribution in [-0.2, 0) is 16.1 Å². The number of rotatable bonds is 7. The lowest BCUT2D eigenvalue weighted by atomic mass is 10.3. The molecule has 0 spiro atoms. The van der Waals surface area contributed by atoms with Crippen molar-refractivity contribution in [2.45, 2.75) is 26.0 Å². The fourth-order valence-electron chi connectivity index (χ4n) is 1.11. The molecule has 88 valence electrons. The highest BCUT2D eigenvalue weighted by molar-refractivity contribution is 5.80. The molecule has 5 nitrogen and oxygen atoms in total. The van der Waals surface area contributed by atoms with Crippen LogP contribution in [-0.4, -0.2) is 28.8 Å². The second-order valence-corrected chi connectivity index (χ2v) is 3.39. The van der Waals surface area contributed by atoms with Crippen LogP contribution in [0.15, 0.2) is 24.9 Å². The molecule has 0 aliphatic rings. The molecule has 0 aromatic carbocycles. The number of H-pyrrole nitrogens is 1. The van der Waals surface area contributed by atoms with Gasteiger partial charge >= 0.3 is 0 Å². The average molecular weight is 223 g/mol. The SMILES string of the molecule is C=CCCOC(C)C(=O)NCc1ccn[nH]1. The Labute approximate surface area is 94.9 Å². The van der Waals surface area contributed by atoms with Crippen LogP contribution in [0.3, 0.4) is 0 Å². The molecule has 0 saturated heterocycles. The summed E-state index contributed by atoms with van der Waals surface area (Å²) in [6, 6.07) is 1.81. The Bertz CT molecular complexity index is 322. The molecule has 1 atom stereocenters. The molecule has 1 amide bonds. The Balaban J connectivity index is 2.21. The minimum Gasteiger partial charge on any atom is -0.368 e. The van der Waals surface area contributed by atoms with Gasteiger partial charge in [0.2, 0.25) is 5.91 Å². The van der Waals surface area contributed by atoms with Gasteiger partial charge in [0.15, 0.2) is 0 Å². The van der Waals surface area contributed by atoms with E-state index in [0.717, 1.165) is 12.1 Å². The second kappa shape index (κ2) is 6.79. The molecule has 0 saturated carbocycles. The fraction of sp³-hybridized carbons (Fsp3) is 0.455. The third kappa shape index (κ3) is 4.27.